The Morgan fingerprint density at radius 3 is 2.36 bits per heavy atom. The van der Waals surface area contributed by atoms with Crippen molar-refractivity contribution in [2.45, 2.75) is 0 Å². The topological polar surface area (TPSA) is 98.2 Å². The van der Waals surface area contributed by atoms with Gasteiger partial charge in [-0.2, -0.15) is 9.78 Å². The lowest BCUT2D eigenvalue weighted by Crippen LogP contribution is -2.14. The third-order valence-electron chi connectivity index (χ3n) is 5.00. The van der Waals surface area contributed by atoms with E-state index in [-0.39, 0.29) is 11.4 Å². The molecule has 7 nitrogen and oxygen atoms in total. The largest absolute Gasteiger partial charge is 0.383 e. The van der Waals surface area contributed by atoms with Crippen LogP contribution in [0.3, 0.4) is 0 Å². The van der Waals surface area contributed by atoms with Crippen LogP contribution in [0.1, 0.15) is 15.9 Å². The molecule has 9 heteroatoms. The Balaban J connectivity index is 1.67. The predicted molar refractivity (Wildman–Crippen MR) is 133 cm³/mol. The Morgan fingerprint density at radius 2 is 1.64 bits per heavy atom. The number of benzene rings is 3. The van der Waals surface area contributed by atoms with Gasteiger partial charge < -0.3 is 11.1 Å². The van der Waals surface area contributed by atoms with Crippen LogP contribution in [-0.4, -0.2) is 26.8 Å². The number of nitrogen functional groups attached to an aromatic ring is 1. The number of hydrogen-bond acceptors (Lipinski definition) is 5. The number of hydrogen-bond donors (Lipinski definition) is 2. The first-order valence-corrected chi connectivity index (χ1v) is 10.7. The minimum absolute atomic E-state index is 0.116. The number of carbonyl (C=O) groups is 1. The fourth-order valence-electron chi connectivity index (χ4n) is 3.42. The maximum absolute atomic E-state index is 13.2. The highest BCUT2D eigenvalue weighted by Gasteiger charge is 2.24. The van der Waals surface area contributed by atoms with Crippen molar-refractivity contribution in [3.05, 3.63) is 94.0 Å². The molecule has 0 saturated heterocycles. The van der Waals surface area contributed by atoms with Gasteiger partial charge in [0.1, 0.15) is 16.9 Å². The van der Waals surface area contributed by atoms with Crippen LogP contribution in [-0.2, 0) is 0 Å². The van der Waals surface area contributed by atoms with Gasteiger partial charge in [-0.3, -0.25) is 4.79 Å². The van der Waals surface area contributed by atoms with E-state index in [1.54, 1.807) is 36.5 Å². The molecule has 0 spiro atoms. The van der Waals surface area contributed by atoms with Crippen molar-refractivity contribution in [1.82, 2.24) is 14.6 Å². The molecule has 2 aromatic heterocycles. The Hall–Kier alpha value is -3.94. The number of nitrogens with one attached hydrogen (secondary N) is 1. The molecule has 5 rings (SSSR count). The van der Waals surface area contributed by atoms with E-state index in [9.17, 15) is 4.79 Å². The van der Waals surface area contributed by atoms with E-state index in [0.29, 0.717) is 43.5 Å². The number of rotatable bonds is 4. The molecular weight excluding hydrogens is 459 g/mol. The standard InChI is InChI=1S/C24H16Cl2N6O/c25-16-11-10-14(12-17(16)26)13-28-32-22(27)20(24(33)29-15-6-2-1-3-7-15)21-23(32)31-19-9-5-4-8-18(19)30-21/h1-13H,27H2,(H,29,33)/b28-13-. The molecule has 0 unspecified atom stereocenters. The van der Waals surface area contributed by atoms with Gasteiger partial charge in [-0.05, 0) is 42.0 Å². The SMILES string of the molecule is Nc1c(C(=O)Nc2ccccc2)c2nc3ccccc3nc2n1/N=C\c1ccc(Cl)c(Cl)c1. The molecule has 3 aromatic carbocycles. The molecule has 33 heavy (non-hydrogen) atoms. The van der Waals surface area contributed by atoms with Crippen molar-refractivity contribution in [2.24, 2.45) is 5.10 Å². The second-order valence-corrected chi connectivity index (χ2v) is 8.01. The maximum Gasteiger partial charge on any atom is 0.261 e. The highest BCUT2D eigenvalue weighted by atomic mass is 35.5. The smallest absolute Gasteiger partial charge is 0.261 e. The second kappa shape index (κ2) is 8.54. The van der Waals surface area contributed by atoms with E-state index in [2.05, 4.69) is 20.4 Å². The summed E-state index contributed by atoms with van der Waals surface area (Å²) < 4.78 is 1.40. The molecule has 0 bridgehead atoms. The third kappa shape index (κ3) is 4.00. The maximum atomic E-state index is 13.2. The number of nitrogens with zero attached hydrogens (tertiary/aromatic N) is 4. The summed E-state index contributed by atoms with van der Waals surface area (Å²) >= 11 is 12.1. The Bertz CT molecular complexity index is 1550. The molecule has 0 fully saturated rings. The monoisotopic (exact) mass is 474 g/mol. The molecule has 5 aromatic rings. The molecule has 3 N–H and O–H groups in total. The van der Waals surface area contributed by atoms with E-state index >= 15 is 0 Å². The molecule has 0 atom stereocenters. The highest BCUT2D eigenvalue weighted by molar-refractivity contribution is 6.42. The molecule has 0 aliphatic carbocycles. The number of anilines is 2. The van der Waals surface area contributed by atoms with E-state index in [0.717, 1.165) is 0 Å². The lowest BCUT2D eigenvalue weighted by Gasteiger charge is -2.05. The van der Waals surface area contributed by atoms with Crippen molar-refractivity contribution < 1.29 is 4.79 Å². The first-order valence-electron chi connectivity index (χ1n) is 9.94. The summed E-state index contributed by atoms with van der Waals surface area (Å²) in [5.41, 5.74) is 9.96. The first-order chi connectivity index (χ1) is 16.0. The van der Waals surface area contributed by atoms with Gasteiger partial charge >= 0.3 is 0 Å². The van der Waals surface area contributed by atoms with Gasteiger partial charge in [0.15, 0.2) is 5.65 Å². The predicted octanol–water partition coefficient (Wildman–Crippen LogP) is 5.61. The lowest BCUT2D eigenvalue weighted by molar-refractivity contribution is 0.102. The van der Waals surface area contributed by atoms with Gasteiger partial charge in [-0.25, -0.2) is 9.97 Å². The molecule has 0 aliphatic heterocycles. The van der Waals surface area contributed by atoms with Gasteiger partial charge in [-0.15, -0.1) is 0 Å². The Labute approximate surface area is 198 Å². The summed E-state index contributed by atoms with van der Waals surface area (Å²) in [4.78, 5) is 22.5. The number of nitrogens with two attached hydrogens (primary N) is 1. The van der Waals surface area contributed by atoms with Crippen LogP contribution in [0.4, 0.5) is 11.5 Å². The van der Waals surface area contributed by atoms with Crippen molar-refractivity contribution in [3.63, 3.8) is 0 Å². The van der Waals surface area contributed by atoms with Gasteiger partial charge in [0.05, 0.1) is 27.3 Å². The summed E-state index contributed by atoms with van der Waals surface area (Å²) in [7, 11) is 0. The minimum atomic E-state index is -0.406. The molecule has 162 valence electrons. The second-order valence-electron chi connectivity index (χ2n) is 7.19. The highest BCUT2D eigenvalue weighted by Crippen LogP contribution is 2.29. The number of halogens is 2. The van der Waals surface area contributed by atoms with E-state index in [4.69, 9.17) is 28.9 Å². The zero-order valence-electron chi connectivity index (χ0n) is 17.0. The molecular formula is C24H16Cl2N6O. The van der Waals surface area contributed by atoms with Crippen molar-refractivity contribution in [2.75, 3.05) is 11.1 Å². The lowest BCUT2D eigenvalue weighted by atomic mass is 10.2. The van der Waals surface area contributed by atoms with Crippen molar-refractivity contribution in [1.29, 1.82) is 0 Å². The summed E-state index contributed by atoms with van der Waals surface area (Å²) in [5, 5.41) is 8.17. The van der Waals surface area contributed by atoms with Gasteiger partial charge in [0.25, 0.3) is 5.91 Å². The number of para-hydroxylation sites is 3. The molecule has 2 heterocycles. The molecule has 0 aliphatic rings. The molecule has 1 amide bonds. The number of amides is 1. The van der Waals surface area contributed by atoms with Crippen LogP contribution in [0.25, 0.3) is 22.2 Å². The number of fused-ring (bicyclic) bond motifs is 2. The summed E-state index contributed by atoms with van der Waals surface area (Å²) in [6.07, 6.45) is 1.56. The van der Waals surface area contributed by atoms with Crippen molar-refractivity contribution in [3.8, 4) is 0 Å². The van der Waals surface area contributed by atoms with Crippen LogP contribution in [0, 0.1) is 0 Å². The first kappa shape index (κ1) is 20.9. The van der Waals surface area contributed by atoms with Crippen LogP contribution in [0.5, 0.6) is 0 Å². The number of aromatic nitrogens is 3. The fraction of sp³-hybridized carbons (Fsp3) is 0. The average Bonchev–Trinajstić information content (AvgIpc) is 3.09. The zero-order chi connectivity index (χ0) is 22.9. The van der Waals surface area contributed by atoms with Crippen LogP contribution >= 0.6 is 23.2 Å². The number of carbonyl (C=O) groups excluding carboxylic acids is 1. The Kier molecular flexibility index (Phi) is 5.42. The molecule has 0 saturated carbocycles. The zero-order valence-corrected chi connectivity index (χ0v) is 18.5. The van der Waals surface area contributed by atoms with Crippen LogP contribution in [0.2, 0.25) is 10.0 Å². The van der Waals surface area contributed by atoms with Gasteiger partial charge in [0.2, 0.25) is 0 Å². The van der Waals surface area contributed by atoms with E-state index in [1.807, 2.05) is 42.5 Å². The van der Waals surface area contributed by atoms with E-state index < -0.39 is 5.91 Å². The minimum Gasteiger partial charge on any atom is -0.383 e. The van der Waals surface area contributed by atoms with Crippen LogP contribution < -0.4 is 11.1 Å². The summed E-state index contributed by atoms with van der Waals surface area (Å²) in [6.45, 7) is 0. The average molecular weight is 475 g/mol. The van der Waals surface area contributed by atoms with Crippen LogP contribution in [0.15, 0.2) is 77.9 Å². The molecule has 0 radical (unpaired) electrons. The summed E-state index contributed by atoms with van der Waals surface area (Å²) in [5.74, 6) is -0.290. The van der Waals surface area contributed by atoms with Gasteiger partial charge in [-0.1, -0.05) is 59.6 Å². The normalized spacial score (nSPS) is 11.5. The summed E-state index contributed by atoms with van der Waals surface area (Å²) in [6, 6.07) is 21.6. The van der Waals surface area contributed by atoms with E-state index in [1.165, 1.54) is 4.68 Å². The quantitative estimate of drug-likeness (QED) is 0.330. The fourth-order valence-corrected chi connectivity index (χ4v) is 3.73. The van der Waals surface area contributed by atoms with Crippen molar-refractivity contribution >= 4 is 69.0 Å². The van der Waals surface area contributed by atoms with Gasteiger partial charge in [0, 0.05) is 5.69 Å². The third-order valence-corrected chi connectivity index (χ3v) is 5.74. The Morgan fingerprint density at radius 1 is 0.939 bits per heavy atom.